The molecule has 0 atom stereocenters. The Balaban J connectivity index is 3.43. The molecule has 28 heavy (non-hydrogen) atoms. The molecule has 0 saturated heterocycles. The Labute approximate surface area is 174 Å². The van der Waals surface area contributed by atoms with Gasteiger partial charge in [0, 0.05) is 13.2 Å². The van der Waals surface area contributed by atoms with Crippen LogP contribution < -0.4 is 0 Å². The van der Waals surface area contributed by atoms with Gasteiger partial charge in [0.1, 0.15) is 0 Å². The Bertz CT molecular complexity index is 283. The second kappa shape index (κ2) is 24.6. The average Bonchev–Trinajstić information content (AvgIpc) is 2.70. The highest BCUT2D eigenvalue weighted by Gasteiger charge is 2.04. The second-order valence-corrected chi connectivity index (χ2v) is 7.74. The molecule has 0 radical (unpaired) electrons. The van der Waals surface area contributed by atoms with E-state index in [9.17, 15) is 0 Å². The summed E-state index contributed by atoms with van der Waals surface area (Å²) < 4.78 is 11.7. The third kappa shape index (κ3) is 21.9. The van der Waals surface area contributed by atoms with E-state index in [0.717, 1.165) is 51.7 Å². The van der Waals surface area contributed by atoms with E-state index in [1.54, 1.807) is 0 Å². The van der Waals surface area contributed by atoms with Crippen LogP contribution in [0.3, 0.4) is 0 Å². The Morgan fingerprint density at radius 2 is 0.857 bits per heavy atom. The topological polar surface area (TPSA) is 58.9 Å². The number of aliphatic hydroxyl groups excluding tert-OH is 2. The van der Waals surface area contributed by atoms with Crippen molar-refractivity contribution in [3.8, 4) is 0 Å². The van der Waals surface area contributed by atoms with E-state index in [1.165, 1.54) is 64.2 Å². The summed E-state index contributed by atoms with van der Waals surface area (Å²) in [6.45, 7) is 4.21. The van der Waals surface area contributed by atoms with Crippen molar-refractivity contribution in [2.24, 2.45) is 0 Å². The minimum Gasteiger partial charge on any atom is -0.396 e. The van der Waals surface area contributed by atoms with Crippen LogP contribution in [0.15, 0.2) is 12.2 Å². The van der Waals surface area contributed by atoms with Crippen molar-refractivity contribution in [3.05, 3.63) is 12.2 Å². The van der Waals surface area contributed by atoms with E-state index in [-0.39, 0.29) is 6.29 Å². The van der Waals surface area contributed by atoms with Gasteiger partial charge in [0.15, 0.2) is 6.29 Å². The minimum atomic E-state index is -0.193. The Kier molecular flexibility index (Phi) is 24.2. The van der Waals surface area contributed by atoms with Gasteiger partial charge in [0.25, 0.3) is 0 Å². The maximum atomic E-state index is 8.75. The molecule has 0 aromatic rings. The van der Waals surface area contributed by atoms with Gasteiger partial charge in [-0.05, 0) is 38.7 Å². The number of aliphatic hydroxyl groups is 2. The third-order valence-electron chi connectivity index (χ3n) is 5.02. The van der Waals surface area contributed by atoms with Gasteiger partial charge in [0.05, 0.1) is 13.2 Å². The van der Waals surface area contributed by atoms with Crippen LogP contribution in [0.1, 0.15) is 110 Å². The lowest BCUT2D eigenvalue weighted by atomic mass is 10.1. The molecule has 0 aromatic carbocycles. The third-order valence-corrected chi connectivity index (χ3v) is 5.02. The van der Waals surface area contributed by atoms with Crippen LogP contribution in [0.25, 0.3) is 0 Å². The molecule has 0 aliphatic carbocycles. The van der Waals surface area contributed by atoms with Crippen molar-refractivity contribution in [1.82, 2.24) is 0 Å². The molecule has 0 aliphatic rings. The standard InChI is InChI=1S/C24H48O4/c1-2-19-24(27-22-17-13-9-5-3-7-11-15-20-25)28-23-18-14-10-6-4-8-12-16-21-26/h2,19,24-26H,3-18,20-23H2,1H3/b19-2+. The summed E-state index contributed by atoms with van der Waals surface area (Å²) in [4.78, 5) is 0. The van der Waals surface area contributed by atoms with Gasteiger partial charge >= 0.3 is 0 Å². The van der Waals surface area contributed by atoms with Crippen molar-refractivity contribution in [2.75, 3.05) is 26.4 Å². The molecule has 0 aromatic heterocycles. The Morgan fingerprint density at radius 1 is 0.536 bits per heavy atom. The first-order valence-electron chi connectivity index (χ1n) is 11.9. The smallest absolute Gasteiger partial charge is 0.176 e. The summed E-state index contributed by atoms with van der Waals surface area (Å²) in [5.74, 6) is 0. The highest BCUT2D eigenvalue weighted by Crippen LogP contribution is 2.11. The molecule has 0 heterocycles. The molecule has 0 fully saturated rings. The Hall–Kier alpha value is -0.420. The van der Waals surface area contributed by atoms with Gasteiger partial charge in [0.2, 0.25) is 0 Å². The zero-order valence-electron chi connectivity index (χ0n) is 18.6. The summed E-state index contributed by atoms with van der Waals surface area (Å²) in [5.41, 5.74) is 0. The number of ether oxygens (including phenoxy) is 2. The van der Waals surface area contributed by atoms with Crippen LogP contribution in [0.5, 0.6) is 0 Å². The molecule has 0 unspecified atom stereocenters. The first-order valence-corrected chi connectivity index (χ1v) is 11.9. The largest absolute Gasteiger partial charge is 0.396 e. The van der Waals surface area contributed by atoms with E-state index in [1.807, 2.05) is 19.1 Å². The van der Waals surface area contributed by atoms with E-state index < -0.39 is 0 Å². The molecule has 0 saturated carbocycles. The zero-order chi connectivity index (χ0) is 20.5. The first kappa shape index (κ1) is 27.6. The molecule has 0 rings (SSSR count). The van der Waals surface area contributed by atoms with Crippen LogP contribution in [0, 0.1) is 0 Å². The average molecular weight is 401 g/mol. The van der Waals surface area contributed by atoms with Crippen LogP contribution >= 0.6 is 0 Å². The lowest BCUT2D eigenvalue weighted by Gasteiger charge is -2.15. The molecule has 0 bridgehead atoms. The summed E-state index contributed by atoms with van der Waals surface area (Å²) in [5, 5.41) is 17.5. The molecular weight excluding hydrogens is 352 g/mol. The summed E-state index contributed by atoms with van der Waals surface area (Å²) in [6.07, 6.45) is 22.9. The number of hydrogen-bond acceptors (Lipinski definition) is 4. The number of allylic oxidation sites excluding steroid dienone is 1. The second-order valence-electron chi connectivity index (χ2n) is 7.74. The van der Waals surface area contributed by atoms with Gasteiger partial charge in [-0.25, -0.2) is 0 Å². The molecule has 4 heteroatoms. The van der Waals surface area contributed by atoms with Gasteiger partial charge in [-0.15, -0.1) is 0 Å². The molecule has 168 valence electrons. The van der Waals surface area contributed by atoms with Gasteiger partial charge in [-0.3, -0.25) is 0 Å². The quantitative estimate of drug-likeness (QED) is 0.123. The fraction of sp³-hybridized carbons (Fsp3) is 0.917. The van der Waals surface area contributed by atoms with Gasteiger partial charge < -0.3 is 19.7 Å². The molecule has 0 aliphatic heterocycles. The highest BCUT2D eigenvalue weighted by atomic mass is 16.7. The van der Waals surface area contributed by atoms with E-state index in [4.69, 9.17) is 19.7 Å². The van der Waals surface area contributed by atoms with Crippen LogP contribution in [-0.2, 0) is 9.47 Å². The van der Waals surface area contributed by atoms with Crippen molar-refractivity contribution >= 4 is 0 Å². The number of rotatable bonds is 23. The van der Waals surface area contributed by atoms with E-state index in [2.05, 4.69) is 0 Å². The fourth-order valence-corrected chi connectivity index (χ4v) is 3.26. The maximum Gasteiger partial charge on any atom is 0.176 e. The van der Waals surface area contributed by atoms with Gasteiger partial charge in [-0.2, -0.15) is 0 Å². The van der Waals surface area contributed by atoms with Crippen LogP contribution in [0.2, 0.25) is 0 Å². The molecule has 0 spiro atoms. The Morgan fingerprint density at radius 3 is 1.18 bits per heavy atom. The molecule has 0 amide bonds. The zero-order valence-corrected chi connectivity index (χ0v) is 18.6. The number of unbranched alkanes of at least 4 members (excludes halogenated alkanes) is 14. The number of hydrogen-bond donors (Lipinski definition) is 2. The van der Waals surface area contributed by atoms with Crippen LogP contribution in [0.4, 0.5) is 0 Å². The highest BCUT2D eigenvalue weighted by molar-refractivity contribution is 4.81. The predicted molar refractivity (Wildman–Crippen MR) is 119 cm³/mol. The first-order chi connectivity index (χ1) is 13.8. The van der Waals surface area contributed by atoms with Crippen molar-refractivity contribution in [2.45, 2.75) is 116 Å². The molecular formula is C24H48O4. The monoisotopic (exact) mass is 400 g/mol. The lowest BCUT2D eigenvalue weighted by Crippen LogP contribution is -2.16. The fourth-order valence-electron chi connectivity index (χ4n) is 3.26. The summed E-state index contributed by atoms with van der Waals surface area (Å²) >= 11 is 0. The maximum absolute atomic E-state index is 8.75. The normalized spacial score (nSPS) is 11.9. The van der Waals surface area contributed by atoms with E-state index >= 15 is 0 Å². The minimum absolute atomic E-state index is 0.193. The molecule has 4 nitrogen and oxygen atoms in total. The van der Waals surface area contributed by atoms with E-state index in [0.29, 0.717) is 13.2 Å². The molecule has 2 N–H and O–H groups in total. The van der Waals surface area contributed by atoms with Crippen LogP contribution in [-0.4, -0.2) is 42.9 Å². The van der Waals surface area contributed by atoms with Gasteiger partial charge in [-0.1, -0.05) is 83.1 Å². The SMILES string of the molecule is C/C=C/C(OCCCCCCCCCCO)OCCCCCCCCCCO. The summed E-state index contributed by atoms with van der Waals surface area (Å²) in [6, 6.07) is 0. The lowest BCUT2D eigenvalue weighted by molar-refractivity contribution is -0.113. The van der Waals surface area contributed by atoms with Crippen molar-refractivity contribution in [3.63, 3.8) is 0 Å². The van der Waals surface area contributed by atoms with Crippen molar-refractivity contribution < 1.29 is 19.7 Å². The predicted octanol–water partition coefficient (Wildman–Crippen LogP) is 6.15. The van der Waals surface area contributed by atoms with Crippen molar-refractivity contribution in [1.29, 1.82) is 0 Å². The summed E-state index contributed by atoms with van der Waals surface area (Å²) in [7, 11) is 0.